The molecule has 0 spiro atoms. The first kappa shape index (κ1) is 27.5. The third-order valence-electron chi connectivity index (χ3n) is 5.25. The first-order valence-electron chi connectivity index (χ1n) is 11.0. The summed E-state index contributed by atoms with van der Waals surface area (Å²) in [7, 11) is -2.07. The van der Waals surface area contributed by atoms with E-state index in [-0.39, 0.29) is 37.7 Å². The maximum Gasteiger partial charge on any atom is 0.242 e. The average molecular weight is 510 g/mol. The van der Waals surface area contributed by atoms with Gasteiger partial charge in [-0.1, -0.05) is 29.8 Å². The Labute approximate surface area is 206 Å². The van der Waals surface area contributed by atoms with Crippen LogP contribution in [-0.4, -0.2) is 57.6 Å². The number of halogens is 1. The quantitative estimate of drug-likeness (QED) is 0.472. The van der Waals surface area contributed by atoms with Crippen molar-refractivity contribution in [3.05, 3.63) is 59.1 Å². The van der Waals surface area contributed by atoms with Crippen molar-refractivity contribution in [2.24, 2.45) is 0 Å². The van der Waals surface area contributed by atoms with E-state index < -0.39 is 16.1 Å². The molecule has 8 nitrogen and oxygen atoms in total. The molecule has 34 heavy (non-hydrogen) atoms. The molecule has 0 radical (unpaired) electrons. The molecule has 1 N–H and O–H groups in total. The minimum Gasteiger partial charge on any atom is -0.497 e. The van der Waals surface area contributed by atoms with Crippen LogP contribution in [0.2, 0.25) is 5.02 Å². The van der Waals surface area contributed by atoms with Gasteiger partial charge in [-0.05, 0) is 50.1 Å². The maximum absolute atomic E-state index is 13.2. The molecular formula is C24H32ClN3O5S. The summed E-state index contributed by atoms with van der Waals surface area (Å²) in [6.07, 6.45) is 1.47. The van der Waals surface area contributed by atoms with Crippen LogP contribution >= 0.6 is 11.6 Å². The fourth-order valence-corrected chi connectivity index (χ4v) is 4.68. The molecule has 0 unspecified atom stereocenters. The van der Waals surface area contributed by atoms with Crippen molar-refractivity contribution < 1.29 is 22.7 Å². The van der Waals surface area contributed by atoms with Gasteiger partial charge in [0.05, 0.1) is 19.1 Å². The molecule has 2 amide bonds. The molecule has 0 aliphatic heterocycles. The molecular weight excluding hydrogens is 478 g/mol. The van der Waals surface area contributed by atoms with Gasteiger partial charge in [0.25, 0.3) is 0 Å². The predicted molar refractivity (Wildman–Crippen MR) is 135 cm³/mol. The van der Waals surface area contributed by atoms with Crippen LogP contribution in [0, 0.1) is 0 Å². The van der Waals surface area contributed by atoms with Gasteiger partial charge in [-0.15, -0.1) is 0 Å². The number of methoxy groups -OCH3 is 1. The summed E-state index contributed by atoms with van der Waals surface area (Å²) in [5.41, 5.74) is 1.26. The molecule has 10 heteroatoms. The van der Waals surface area contributed by atoms with Gasteiger partial charge in [0, 0.05) is 37.1 Å². The SMILES string of the molecule is CCNC(=O)[C@H](C)N(Cc1cccc(Cl)c1)C(=O)CCCN(c1cccc(OC)c1)S(C)(=O)=O. The lowest BCUT2D eigenvalue weighted by Gasteiger charge is -2.29. The van der Waals surface area contributed by atoms with E-state index in [2.05, 4.69) is 5.32 Å². The van der Waals surface area contributed by atoms with Gasteiger partial charge in [-0.25, -0.2) is 8.42 Å². The van der Waals surface area contributed by atoms with Crippen molar-refractivity contribution in [3.63, 3.8) is 0 Å². The van der Waals surface area contributed by atoms with Crippen LogP contribution in [0.5, 0.6) is 5.75 Å². The topological polar surface area (TPSA) is 96.0 Å². The summed E-state index contributed by atoms with van der Waals surface area (Å²) in [5, 5.41) is 3.29. The first-order chi connectivity index (χ1) is 16.1. The number of sulfonamides is 1. The normalized spacial score (nSPS) is 12.0. The van der Waals surface area contributed by atoms with Crippen molar-refractivity contribution >= 4 is 39.1 Å². The van der Waals surface area contributed by atoms with E-state index >= 15 is 0 Å². The van der Waals surface area contributed by atoms with Gasteiger partial charge in [0.15, 0.2) is 0 Å². The molecule has 2 aromatic carbocycles. The lowest BCUT2D eigenvalue weighted by atomic mass is 10.1. The molecule has 0 aliphatic rings. The molecule has 0 aromatic heterocycles. The van der Waals surface area contributed by atoms with E-state index in [0.29, 0.717) is 23.0 Å². The Bertz CT molecular complexity index is 1090. The van der Waals surface area contributed by atoms with Crippen molar-refractivity contribution in [3.8, 4) is 5.75 Å². The van der Waals surface area contributed by atoms with Crippen LogP contribution in [0.4, 0.5) is 5.69 Å². The number of likely N-dealkylation sites (N-methyl/N-ethyl adjacent to an activating group) is 1. The number of benzene rings is 2. The van der Waals surface area contributed by atoms with E-state index in [1.165, 1.54) is 16.3 Å². The van der Waals surface area contributed by atoms with Gasteiger partial charge in [0.2, 0.25) is 21.8 Å². The van der Waals surface area contributed by atoms with Gasteiger partial charge >= 0.3 is 0 Å². The van der Waals surface area contributed by atoms with Crippen LogP contribution in [0.15, 0.2) is 48.5 Å². The highest BCUT2D eigenvalue weighted by atomic mass is 35.5. The average Bonchev–Trinajstić information content (AvgIpc) is 2.79. The largest absolute Gasteiger partial charge is 0.497 e. The highest BCUT2D eigenvalue weighted by Gasteiger charge is 2.26. The minimum absolute atomic E-state index is 0.0697. The zero-order valence-electron chi connectivity index (χ0n) is 20.0. The Morgan fingerprint density at radius 2 is 1.85 bits per heavy atom. The molecule has 0 aliphatic carbocycles. The Balaban J connectivity index is 2.16. The van der Waals surface area contributed by atoms with E-state index in [0.717, 1.165) is 11.8 Å². The second kappa shape index (κ2) is 12.6. The van der Waals surface area contributed by atoms with Gasteiger partial charge < -0.3 is 15.0 Å². The van der Waals surface area contributed by atoms with E-state index in [9.17, 15) is 18.0 Å². The molecule has 1 atom stereocenters. The number of carbonyl (C=O) groups excluding carboxylic acids is 2. The summed E-state index contributed by atoms with van der Waals surface area (Å²) >= 11 is 6.09. The minimum atomic E-state index is -3.58. The van der Waals surface area contributed by atoms with Crippen molar-refractivity contribution in [2.45, 2.75) is 39.3 Å². The second-order valence-corrected chi connectivity index (χ2v) is 10.2. The van der Waals surface area contributed by atoms with Gasteiger partial charge in [-0.2, -0.15) is 0 Å². The van der Waals surface area contributed by atoms with Crippen LogP contribution in [0.1, 0.15) is 32.3 Å². The summed E-state index contributed by atoms with van der Waals surface area (Å²) < 4.78 is 31.3. The van der Waals surface area contributed by atoms with Crippen LogP contribution < -0.4 is 14.4 Å². The summed E-state index contributed by atoms with van der Waals surface area (Å²) in [6.45, 7) is 4.26. The number of carbonyl (C=O) groups is 2. The third-order valence-corrected chi connectivity index (χ3v) is 6.68. The monoisotopic (exact) mass is 509 g/mol. The Morgan fingerprint density at radius 1 is 1.15 bits per heavy atom. The highest BCUT2D eigenvalue weighted by molar-refractivity contribution is 7.92. The maximum atomic E-state index is 13.2. The van der Waals surface area contributed by atoms with Crippen molar-refractivity contribution in [1.82, 2.24) is 10.2 Å². The van der Waals surface area contributed by atoms with Crippen LogP contribution in [-0.2, 0) is 26.2 Å². The van der Waals surface area contributed by atoms with Crippen molar-refractivity contribution in [1.29, 1.82) is 0 Å². The summed E-state index contributed by atoms with van der Waals surface area (Å²) in [5.74, 6) is 0.0236. The van der Waals surface area contributed by atoms with Crippen LogP contribution in [0.25, 0.3) is 0 Å². The number of ether oxygens (including phenoxy) is 1. The third kappa shape index (κ3) is 7.92. The molecule has 2 rings (SSSR count). The number of nitrogens with one attached hydrogen (secondary N) is 1. The van der Waals surface area contributed by atoms with E-state index in [1.807, 2.05) is 13.0 Å². The smallest absolute Gasteiger partial charge is 0.242 e. The molecule has 0 saturated heterocycles. The van der Waals surface area contributed by atoms with Crippen molar-refractivity contribution in [2.75, 3.05) is 30.8 Å². The number of nitrogens with zero attached hydrogens (tertiary/aromatic N) is 2. The molecule has 186 valence electrons. The Morgan fingerprint density at radius 3 is 2.47 bits per heavy atom. The fourth-order valence-electron chi connectivity index (χ4n) is 3.51. The zero-order chi connectivity index (χ0) is 25.3. The Hall–Kier alpha value is -2.78. The fraction of sp³-hybridized carbons (Fsp3) is 0.417. The number of anilines is 1. The zero-order valence-corrected chi connectivity index (χ0v) is 21.5. The summed E-state index contributed by atoms with van der Waals surface area (Å²) in [4.78, 5) is 27.1. The van der Waals surface area contributed by atoms with E-state index in [1.54, 1.807) is 49.4 Å². The highest BCUT2D eigenvalue weighted by Crippen LogP contribution is 2.24. The second-order valence-electron chi connectivity index (χ2n) is 7.86. The molecule has 0 heterocycles. The van der Waals surface area contributed by atoms with Crippen LogP contribution in [0.3, 0.4) is 0 Å². The number of hydrogen-bond donors (Lipinski definition) is 1. The number of amides is 2. The standard InChI is InChI=1S/C24H32ClN3O5S/c1-5-26-24(30)18(2)27(17-19-9-6-10-20(25)15-19)23(29)13-8-14-28(34(4,31)32)21-11-7-12-22(16-21)33-3/h6-7,9-12,15-16,18H,5,8,13-14,17H2,1-4H3,(H,26,30)/t18-/m0/s1. The lowest BCUT2D eigenvalue weighted by Crippen LogP contribution is -2.47. The van der Waals surface area contributed by atoms with Gasteiger partial charge in [-0.3, -0.25) is 13.9 Å². The molecule has 0 bridgehead atoms. The Kier molecular flexibility index (Phi) is 10.2. The molecule has 0 fully saturated rings. The first-order valence-corrected chi connectivity index (χ1v) is 13.2. The van der Waals surface area contributed by atoms with Gasteiger partial charge in [0.1, 0.15) is 11.8 Å². The molecule has 0 saturated carbocycles. The number of hydrogen-bond acceptors (Lipinski definition) is 5. The lowest BCUT2D eigenvalue weighted by molar-refractivity contribution is -0.140. The van der Waals surface area contributed by atoms with E-state index in [4.69, 9.17) is 16.3 Å². The predicted octanol–water partition coefficient (Wildman–Crippen LogP) is 3.45. The number of rotatable bonds is 12. The molecule has 2 aromatic rings. The summed E-state index contributed by atoms with van der Waals surface area (Å²) in [6, 6.07) is 13.2.